The molecule has 0 aromatic rings. The molecule has 0 aliphatic carbocycles. The third-order valence-electron chi connectivity index (χ3n) is 2.77. The molecular weight excluding hydrogens is 166 g/mol. The fraction of sp³-hybridized carbons (Fsp3) is 0.889. The molecule has 1 heterocycles. The van der Waals surface area contributed by atoms with Crippen molar-refractivity contribution in [3.63, 3.8) is 0 Å². The molecule has 13 heavy (non-hydrogen) atoms. The number of nitrogens with zero attached hydrogens (tertiary/aromatic N) is 2. The Labute approximate surface area is 79.9 Å². The second-order valence-corrected chi connectivity index (χ2v) is 3.70. The van der Waals surface area contributed by atoms with Crippen LogP contribution in [0.1, 0.15) is 12.8 Å². The maximum atomic E-state index is 11.3. The van der Waals surface area contributed by atoms with Crippen LogP contribution in [0.2, 0.25) is 0 Å². The first-order valence-corrected chi connectivity index (χ1v) is 4.78. The molecule has 0 bridgehead atoms. The molecule has 2 amide bonds. The third-order valence-corrected chi connectivity index (χ3v) is 2.77. The molecule has 0 atom stereocenters. The van der Waals surface area contributed by atoms with Crippen molar-refractivity contribution in [3.8, 4) is 0 Å². The highest BCUT2D eigenvalue weighted by Crippen LogP contribution is 2.13. The Kier molecular flexibility index (Phi) is 3.54. The number of hydrogen-bond acceptors (Lipinski definition) is 2. The Morgan fingerprint density at radius 3 is 2.46 bits per heavy atom. The van der Waals surface area contributed by atoms with Crippen LogP contribution < -0.4 is 5.32 Å². The Hall–Kier alpha value is -0.770. The van der Waals surface area contributed by atoms with Crippen molar-refractivity contribution in [2.24, 2.45) is 0 Å². The summed E-state index contributed by atoms with van der Waals surface area (Å²) in [5.74, 6) is 0. The highest BCUT2D eigenvalue weighted by molar-refractivity contribution is 5.73. The van der Waals surface area contributed by atoms with E-state index in [0.29, 0.717) is 6.04 Å². The summed E-state index contributed by atoms with van der Waals surface area (Å²) in [4.78, 5) is 15.4. The highest BCUT2D eigenvalue weighted by atomic mass is 16.2. The van der Waals surface area contributed by atoms with E-state index in [-0.39, 0.29) is 6.03 Å². The van der Waals surface area contributed by atoms with Crippen LogP contribution in [-0.2, 0) is 0 Å². The summed E-state index contributed by atoms with van der Waals surface area (Å²) >= 11 is 0. The van der Waals surface area contributed by atoms with Gasteiger partial charge in [0.05, 0.1) is 0 Å². The first-order chi connectivity index (χ1) is 6.15. The van der Waals surface area contributed by atoms with Gasteiger partial charge in [-0.25, -0.2) is 4.79 Å². The fourth-order valence-corrected chi connectivity index (χ4v) is 1.72. The summed E-state index contributed by atoms with van der Waals surface area (Å²) < 4.78 is 0. The van der Waals surface area contributed by atoms with E-state index in [0.717, 1.165) is 25.9 Å². The number of carbonyl (C=O) groups excluding carboxylic acids is 1. The number of piperidine rings is 1. The molecular formula is C9H19N3O. The molecule has 0 aromatic heterocycles. The number of amides is 2. The van der Waals surface area contributed by atoms with Gasteiger partial charge in [-0.3, -0.25) is 0 Å². The summed E-state index contributed by atoms with van der Waals surface area (Å²) in [6.45, 7) is 2.18. The first kappa shape index (κ1) is 10.3. The minimum absolute atomic E-state index is 0.0227. The van der Waals surface area contributed by atoms with E-state index >= 15 is 0 Å². The number of urea groups is 1. The van der Waals surface area contributed by atoms with Gasteiger partial charge >= 0.3 is 6.03 Å². The first-order valence-electron chi connectivity index (χ1n) is 4.78. The molecule has 0 spiro atoms. The molecule has 0 saturated carbocycles. The van der Waals surface area contributed by atoms with E-state index in [1.165, 1.54) is 0 Å². The van der Waals surface area contributed by atoms with Gasteiger partial charge in [-0.1, -0.05) is 0 Å². The molecule has 76 valence electrons. The molecule has 1 fully saturated rings. The van der Waals surface area contributed by atoms with E-state index in [2.05, 4.69) is 17.3 Å². The zero-order valence-electron chi connectivity index (χ0n) is 8.71. The molecule has 1 N–H and O–H groups in total. The fourth-order valence-electron chi connectivity index (χ4n) is 1.72. The summed E-state index contributed by atoms with van der Waals surface area (Å²) in [7, 11) is 5.67. The van der Waals surface area contributed by atoms with E-state index in [4.69, 9.17) is 0 Å². The van der Waals surface area contributed by atoms with Gasteiger partial charge in [0.1, 0.15) is 0 Å². The van der Waals surface area contributed by atoms with Gasteiger partial charge in [-0.05, 0) is 33.0 Å². The van der Waals surface area contributed by atoms with Crippen molar-refractivity contribution in [2.45, 2.75) is 18.9 Å². The van der Waals surface area contributed by atoms with Crippen LogP contribution in [0.3, 0.4) is 0 Å². The molecule has 1 saturated heterocycles. The van der Waals surface area contributed by atoms with Crippen molar-refractivity contribution in [1.82, 2.24) is 15.1 Å². The molecule has 0 radical (unpaired) electrons. The van der Waals surface area contributed by atoms with E-state index in [1.807, 2.05) is 11.9 Å². The van der Waals surface area contributed by atoms with Crippen LogP contribution in [0.5, 0.6) is 0 Å². The third kappa shape index (κ3) is 2.59. The van der Waals surface area contributed by atoms with Gasteiger partial charge in [0.2, 0.25) is 0 Å². The molecule has 0 unspecified atom stereocenters. The number of carbonyl (C=O) groups is 1. The van der Waals surface area contributed by atoms with Crippen LogP contribution in [0.25, 0.3) is 0 Å². The lowest BCUT2D eigenvalue weighted by molar-refractivity contribution is 0.149. The van der Waals surface area contributed by atoms with Crippen molar-refractivity contribution < 1.29 is 4.79 Å². The number of nitrogens with one attached hydrogen (secondary N) is 1. The van der Waals surface area contributed by atoms with Gasteiger partial charge < -0.3 is 15.1 Å². The minimum atomic E-state index is 0.0227. The van der Waals surface area contributed by atoms with E-state index in [1.54, 1.807) is 7.05 Å². The van der Waals surface area contributed by atoms with Crippen molar-refractivity contribution in [2.75, 3.05) is 34.2 Å². The largest absolute Gasteiger partial charge is 0.341 e. The van der Waals surface area contributed by atoms with Gasteiger partial charge in [0, 0.05) is 20.1 Å². The average Bonchev–Trinajstić information content (AvgIpc) is 2.17. The summed E-state index contributed by atoms with van der Waals surface area (Å²) in [5, 5.41) is 2.65. The Morgan fingerprint density at radius 2 is 2.00 bits per heavy atom. The Bertz CT molecular complexity index is 176. The van der Waals surface area contributed by atoms with Gasteiger partial charge in [-0.15, -0.1) is 0 Å². The molecule has 4 nitrogen and oxygen atoms in total. The minimum Gasteiger partial charge on any atom is -0.341 e. The predicted molar refractivity (Wildman–Crippen MR) is 52.7 cm³/mol. The molecule has 0 aromatic carbocycles. The van der Waals surface area contributed by atoms with Crippen LogP contribution in [0, 0.1) is 0 Å². The van der Waals surface area contributed by atoms with Gasteiger partial charge in [0.15, 0.2) is 0 Å². The second-order valence-electron chi connectivity index (χ2n) is 3.70. The normalized spacial score (nSPS) is 19.9. The molecule has 1 rings (SSSR count). The second kappa shape index (κ2) is 4.46. The monoisotopic (exact) mass is 185 g/mol. The smallest absolute Gasteiger partial charge is 0.317 e. The Balaban J connectivity index is 2.39. The van der Waals surface area contributed by atoms with Crippen molar-refractivity contribution in [3.05, 3.63) is 0 Å². The maximum Gasteiger partial charge on any atom is 0.317 e. The Morgan fingerprint density at radius 1 is 1.46 bits per heavy atom. The van der Waals surface area contributed by atoms with Crippen LogP contribution in [-0.4, -0.2) is 56.1 Å². The zero-order chi connectivity index (χ0) is 9.84. The standard InChI is InChI=1S/C9H19N3O/c1-10-9(13)12(3)8-4-6-11(2)7-5-8/h8H,4-7H2,1-3H3,(H,10,13). The van der Waals surface area contributed by atoms with Crippen LogP contribution in [0.15, 0.2) is 0 Å². The lowest BCUT2D eigenvalue weighted by Crippen LogP contribution is -2.47. The van der Waals surface area contributed by atoms with E-state index in [9.17, 15) is 4.79 Å². The summed E-state index contributed by atoms with van der Waals surface area (Å²) in [5.41, 5.74) is 0. The summed E-state index contributed by atoms with van der Waals surface area (Å²) in [6.07, 6.45) is 2.17. The highest BCUT2D eigenvalue weighted by Gasteiger charge is 2.22. The summed E-state index contributed by atoms with van der Waals surface area (Å²) in [6, 6.07) is 0.436. The predicted octanol–water partition coefficient (Wildman–Crippen LogP) is 0.352. The van der Waals surface area contributed by atoms with Crippen molar-refractivity contribution in [1.29, 1.82) is 0 Å². The van der Waals surface area contributed by atoms with Gasteiger partial charge in [0.25, 0.3) is 0 Å². The topological polar surface area (TPSA) is 35.6 Å². The van der Waals surface area contributed by atoms with Crippen LogP contribution >= 0.6 is 0 Å². The number of rotatable bonds is 1. The SMILES string of the molecule is CNC(=O)N(C)C1CCN(C)CC1. The van der Waals surface area contributed by atoms with Crippen LogP contribution in [0.4, 0.5) is 4.79 Å². The lowest BCUT2D eigenvalue weighted by Gasteiger charge is -2.34. The molecule has 4 heteroatoms. The average molecular weight is 185 g/mol. The quantitative estimate of drug-likeness (QED) is 0.640. The molecule has 1 aliphatic rings. The molecule has 1 aliphatic heterocycles. The number of hydrogen-bond donors (Lipinski definition) is 1. The number of likely N-dealkylation sites (tertiary alicyclic amines) is 1. The lowest BCUT2D eigenvalue weighted by atomic mass is 10.0. The maximum absolute atomic E-state index is 11.3. The van der Waals surface area contributed by atoms with E-state index < -0.39 is 0 Å². The zero-order valence-corrected chi connectivity index (χ0v) is 8.71. The van der Waals surface area contributed by atoms with Crippen molar-refractivity contribution >= 4 is 6.03 Å². The van der Waals surface area contributed by atoms with Gasteiger partial charge in [-0.2, -0.15) is 0 Å².